The van der Waals surface area contributed by atoms with E-state index in [2.05, 4.69) is 4.98 Å². The molecule has 2 aromatic rings. The van der Waals surface area contributed by atoms with Crippen molar-refractivity contribution in [3.05, 3.63) is 38.9 Å². The first-order chi connectivity index (χ1) is 8.56. The number of nitrogens with zero attached hydrogens (tertiary/aromatic N) is 1. The zero-order valence-corrected chi connectivity index (χ0v) is 10.2. The number of halogens is 2. The maximum Gasteiger partial charge on any atom is 0.262 e. The largest absolute Gasteiger partial charge is 0.331 e. The molecule has 0 unspecified atom stereocenters. The molecule has 94 valence electrons. The topological polar surface area (TPSA) is 37.8 Å². The third kappa shape index (κ3) is 1.86. The van der Waals surface area contributed by atoms with Crippen molar-refractivity contribution in [2.75, 3.05) is 0 Å². The van der Waals surface area contributed by atoms with E-state index in [1.54, 1.807) is 0 Å². The molecule has 1 aromatic heterocycles. The molecule has 6 heteroatoms. The molecule has 0 amide bonds. The summed E-state index contributed by atoms with van der Waals surface area (Å²) in [5.41, 5.74) is -0.129. The maximum atomic E-state index is 13.2. The van der Waals surface area contributed by atoms with Crippen LogP contribution in [0.1, 0.15) is 12.8 Å². The Morgan fingerprint density at radius 1 is 1.33 bits per heavy atom. The highest BCUT2D eigenvalue weighted by atomic mass is 32.1. The number of aromatic amines is 1. The second kappa shape index (κ2) is 3.98. The number of hydrogen-bond donors (Lipinski definition) is 1. The van der Waals surface area contributed by atoms with Crippen LogP contribution in [0.2, 0.25) is 0 Å². The third-order valence-corrected chi connectivity index (χ3v) is 3.48. The van der Waals surface area contributed by atoms with E-state index in [4.69, 9.17) is 12.2 Å². The van der Waals surface area contributed by atoms with Crippen molar-refractivity contribution in [1.82, 2.24) is 9.55 Å². The Hall–Kier alpha value is -1.56. The molecule has 0 bridgehead atoms. The predicted molar refractivity (Wildman–Crippen MR) is 66.0 cm³/mol. The van der Waals surface area contributed by atoms with E-state index in [-0.39, 0.29) is 21.2 Å². The summed E-state index contributed by atoms with van der Waals surface area (Å²) >= 11 is 5.08. The average molecular weight is 268 g/mol. The summed E-state index contributed by atoms with van der Waals surface area (Å²) in [6, 6.07) is 1.88. The molecule has 1 aromatic carbocycles. The minimum atomic E-state index is -1.02. The van der Waals surface area contributed by atoms with Crippen LogP contribution in [0.5, 0.6) is 0 Å². The summed E-state index contributed by atoms with van der Waals surface area (Å²) in [6.07, 6.45) is 2.16. The lowest BCUT2D eigenvalue weighted by molar-refractivity contribution is 0.510. The smallest absolute Gasteiger partial charge is 0.262 e. The molecular formula is C12H10F2N2OS. The summed E-state index contributed by atoms with van der Waals surface area (Å²) in [5.74, 6) is -1.55. The van der Waals surface area contributed by atoms with Crippen molar-refractivity contribution in [3.8, 4) is 0 Å². The molecule has 0 radical (unpaired) electrons. The normalized spacial score (nSPS) is 15.2. The van der Waals surface area contributed by atoms with Crippen molar-refractivity contribution in [3.63, 3.8) is 0 Å². The van der Waals surface area contributed by atoms with E-state index in [1.165, 1.54) is 4.57 Å². The summed E-state index contributed by atoms with van der Waals surface area (Å²) in [4.78, 5) is 14.9. The first-order valence-electron chi connectivity index (χ1n) is 5.68. The standard InChI is InChI=1S/C12H10F2N2OS/c13-8-3-7-10(4-9(8)14)15-12(18)16(11(7)17)5-6-1-2-6/h3-4,6H,1-2,5H2,(H,15,18). The number of H-pyrrole nitrogens is 1. The van der Waals surface area contributed by atoms with Gasteiger partial charge in [0.1, 0.15) is 0 Å². The third-order valence-electron chi connectivity index (χ3n) is 3.16. The molecule has 1 aliphatic rings. The van der Waals surface area contributed by atoms with Crippen LogP contribution >= 0.6 is 12.2 Å². The molecule has 1 heterocycles. The van der Waals surface area contributed by atoms with Crippen LogP contribution < -0.4 is 5.56 Å². The predicted octanol–water partition coefficient (Wildman–Crippen LogP) is 2.75. The number of rotatable bonds is 2. The number of benzene rings is 1. The highest BCUT2D eigenvalue weighted by molar-refractivity contribution is 7.71. The van der Waals surface area contributed by atoms with Gasteiger partial charge in [-0.2, -0.15) is 0 Å². The minimum absolute atomic E-state index is 0.128. The van der Waals surface area contributed by atoms with Crippen LogP contribution in [0.4, 0.5) is 8.78 Å². The lowest BCUT2D eigenvalue weighted by Gasteiger charge is -2.07. The van der Waals surface area contributed by atoms with Crippen molar-refractivity contribution < 1.29 is 8.78 Å². The second-order valence-electron chi connectivity index (χ2n) is 4.60. The Morgan fingerprint density at radius 3 is 2.67 bits per heavy atom. The van der Waals surface area contributed by atoms with E-state index in [0.717, 1.165) is 25.0 Å². The molecule has 0 aliphatic heterocycles. The second-order valence-corrected chi connectivity index (χ2v) is 4.99. The summed E-state index contributed by atoms with van der Waals surface area (Å²) in [5, 5.41) is 0.128. The Balaban J connectivity index is 2.29. The monoisotopic (exact) mass is 268 g/mol. The van der Waals surface area contributed by atoms with Gasteiger partial charge in [-0.25, -0.2) is 8.78 Å². The van der Waals surface area contributed by atoms with Gasteiger partial charge in [-0.15, -0.1) is 0 Å². The van der Waals surface area contributed by atoms with Crippen molar-refractivity contribution in [1.29, 1.82) is 0 Å². The maximum absolute atomic E-state index is 13.2. The van der Waals surface area contributed by atoms with Crippen LogP contribution in [-0.4, -0.2) is 9.55 Å². The Bertz CT molecular complexity index is 746. The molecule has 0 spiro atoms. The van der Waals surface area contributed by atoms with E-state index in [1.807, 2.05) is 0 Å². The fourth-order valence-electron chi connectivity index (χ4n) is 1.97. The zero-order valence-electron chi connectivity index (χ0n) is 9.37. The van der Waals surface area contributed by atoms with Gasteiger partial charge in [0.15, 0.2) is 16.4 Å². The molecule has 1 N–H and O–H groups in total. The van der Waals surface area contributed by atoms with Gasteiger partial charge in [0.25, 0.3) is 5.56 Å². The Kier molecular flexibility index (Phi) is 2.55. The molecule has 1 saturated carbocycles. The van der Waals surface area contributed by atoms with Crippen molar-refractivity contribution in [2.24, 2.45) is 5.92 Å². The average Bonchev–Trinajstić information content (AvgIpc) is 3.11. The summed E-state index contributed by atoms with van der Waals surface area (Å²) < 4.78 is 27.9. The molecular weight excluding hydrogens is 258 g/mol. The van der Waals surface area contributed by atoms with Crippen LogP contribution in [0.25, 0.3) is 10.9 Å². The first-order valence-corrected chi connectivity index (χ1v) is 6.09. The van der Waals surface area contributed by atoms with E-state index in [9.17, 15) is 13.6 Å². The Morgan fingerprint density at radius 2 is 2.00 bits per heavy atom. The van der Waals surface area contributed by atoms with Gasteiger partial charge in [-0.1, -0.05) is 0 Å². The molecule has 1 aliphatic carbocycles. The van der Waals surface area contributed by atoms with Gasteiger partial charge in [0, 0.05) is 12.6 Å². The summed E-state index contributed by atoms with van der Waals surface area (Å²) in [6.45, 7) is 0.545. The quantitative estimate of drug-likeness (QED) is 0.850. The van der Waals surface area contributed by atoms with Crippen LogP contribution in [0.15, 0.2) is 16.9 Å². The molecule has 18 heavy (non-hydrogen) atoms. The minimum Gasteiger partial charge on any atom is -0.331 e. The molecule has 0 atom stereocenters. The Labute approximate surface area is 106 Å². The van der Waals surface area contributed by atoms with Gasteiger partial charge in [0.2, 0.25) is 0 Å². The van der Waals surface area contributed by atoms with Crippen LogP contribution in [0.3, 0.4) is 0 Å². The van der Waals surface area contributed by atoms with Gasteiger partial charge in [-0.05, 0) is 37.0 Å². The zero-order chi connectivity index (χ0) is 12.9. The summed E-state index contributed by atoms with van der Waals surface area (Å²) in [7, 11) is 0. The molecule has 3 nitrogen and oxygen atoms in total. The number of nitrogens with one attached hydrogen (secondary N) is 1. The lowest BCUT2D eigenvalue weighted by Crippen LogP contribution is -2.23. The van der Waals surface area contributed by atoms with Crippen molar-refractivity contribution >= 4 is 23.1 Å². The van der Waals surface area contributed by atoms with Crippen molar-refractivity contribution in [2.45, 2.75) is 19.4 Å². The highest BCUT2D eigenvalue weighted by Crippen LogP contribution is 2.30. The van der Waals surface area contributed by atoms with Gasteiger partial charge >= 0.3 is 0 Å². The van der Waals surface area contributed by atoms with Crippen LogP contribution in [-0.2, 0) is 6.54 Å². The fraction of sp³-hybridized carbons (Fsp3) is 0.333. The number of hydrogen-bond acceptors (Lipinski definition) is 2. The highest BCUT2D eigenvalue weighted by Gasteiger charge is 2.23. The molecule has 3 rings (SSSR count). The number of aromatic nitrogens is 2. The van der Waals surface area contributed by atoms with E-state index in [0.29, 0.717) is 12.5 Å². The van der Waals surface area contributed by atoms with Gasteiger partial charge in [0.05, 0.1) is 10.9 Å². The lowest BCUT2D eigenvalue weighted by atomic mass is 10.2. The number of fused-ring (bicyclic) bond motifs is 1. The SMILES string of the molecule is O=c1c2cc(F)c(F)cc2[nH]c(=S)n1CC1CC1. The van der Waals surface area contributed by atoms with Gasteiger partial charge < -0.3 is 4.98 Å². The molecule has 0 saturated heterocycles. The first kappa shape index (κ1) is 11.5. The van der Waals surface area contributed by atoms with E-state index < -0.39 is 11.6 Å². The fourth-order valence-corrected chi connectivity index (χ4v) is 2.24. The van der Waals surface area contributed by atoms with Crippen LogP contribution in [0, 0.1) is 22.3 Å². The van der Waals surface area contributed by atoms with E-state index >= 15 is 0 Å². The molecule has 1 fully saturated rings. The van der Waals surface area contributed by atoms with Gasteiger partial charge in [-0.3, -0.25) is 9.36 Å².